The minimum Gasteiger partial charge on any atom is -0.606 e. The highest BCUT2D eigenvalue weighted by Gasteiger charge is 2.49. The van der Waals surface area contributed by atoms with Crippen molar-refractivity contribution in [1.29, 1.82) is 0 Å². The lowest BCUT2D eigenvalue weighted by molar-refractivity contribution is -0.160. The SMILES string of the molecule is N[Si]1([P+](=O)[O-])CCCCO1. The van der Waals surface area contributed by atoms with Gasteiger partial charge in [0, 0.05) is 12.7 Å². The molecule has 0 spiro atoms. The standard InChI is InChI=1S/C4H10NO3PSi/c5-10(9(6)7)4-2-1-3-8-10/h1-5H2. The van der Waals surface area contributed by atoms with E-state index < -0.39 is 15.7 Å². The molecule has 4 nitrogen and oxygen atoms in total. The molecule has 10 heavy (non-hydrogen) atoms. The summed E-state index contributed by atoms with van der Waals surface area (Å²) >= 11 is 0. The predicted molar refractivity (Wildman–Crippen MR) is 37.5 cm³/mol. The third-order valence-corrected chi connectivity index (χ3v) is 6.89. The summed E-state index contributed by atoms with van der Waals surface area (Å²) in [6.45, 7) is 0.520. The van der Waals surface area contributed by atoms with Crippen LogP contribution in [0.2, 0.25) is 6.04 Å². The average molecular weight is 179 g/mol. The first-order valence-corrected chi connectivity index (χ1v) is 7.44. The van der Waals surface area contributed by atoms with E-state index in [2.05, 4.69) is 0 Å². The van der Waals surface area contributed by atoms with Crippen molar-refractivity contribution in [2.24, 2.45) is 5.40 Å². The van der Waals surface area contributed by atoms with E-state index in [9.17, 15) is 9.46 Å². The van der Waals surface area contributed by atoms with E-state index >= 15 is 0 Å². The lowest BCUT2D eigenvalue weighted by Crippen LogP contribution is -2.49. The second kappa shape index (κ2) is 3.07. The van der Waals surface area contributed by atoms with Gasteiger partial charge in [-0.1, -0.05) is 4.57 Å². The summed E-state index contributed by atoms with van der Waals surface area (Å²) in [5.41, 5.74) is 0. The molecule has 0 saturated carbocycles. The predicted octanol–water partition coefficient (Wildman–Crippen LogP) is -0.203. The Morgan fingerprint density at radius 3 is 2.60 bits per heavy atom. The van der Waals surface area contributed by atoms with Crippen LogP contribution >= 0.6 is 7.58 Å². The van der Waals surface area contributed by atoms with Gasteiger partial charge in [0.05, 0.1) is 0 Å². The van der Waals surface area contributed by atoms with Crippen LogP contribution in [0.4, 0.5) is 0 Å². The summed E-state index contributed by atoms with van der Waals surface area (Å²) in [6, 6.07) is 0.561. The minimum absolute atomic E-state index is 0.520. The average Bonchev–Trinajstić information content (AvgIpc) is 1.89. The lowest BCUT2D eigenvalue weighted by Gasteiger charge is -2.20. The first-order chi connectivity index (χ1) is 4.65. The molecule has 0 aromatic rings. The van der Waals surface area contributed by atoms with Crippen LogP contribution in [-0.4, -0.2) is 14.8 Å². The van der Waals surface area contributed by atoms with Crippen molar-refractivity contribution in [3.8, 4) is 0 Å². The molecular formula is C4H10NO3PSi. The highest BCUT2D eigenvalue weighted by atomic mass is 31.4. The number of hydrogen-bond acceptors (Lipinski definition) is 4. The molecule has 2 atom stereocenters. The van der Waals surface area contributed by atoms with Crippen LogP contribution in [0, 0.1) is 0 Å². The lowest BCUT2D eigenvalue weighted by atomic mass is 10.4. The molecule has 1 aliphatic rings. The Morgan fingerprint density at radius 1 is 1.60 bits per heavy atom. The number of nitrogens with two attached hydrogens (primary N) is 1. The summed E-state index contributed by atoms with van der Waals surface area (Å²) in [6.07, 6.45) is 1.83. The molecule has 1 aliphatic heterocycles. The zero-order chi connectivity index (χ0) is 7.61. The van der Waals surface area contributed by atoms with E-state index in [1.807, 2.05) is 0 Å². The maximum absolute atomic E-state index is 10.5. The monoisotopic (exact) mass is 179 g/mol. The molecule has 6 heteroatoms. The molecule has 0 amide bonds. The normalized spacial score (nSPS) is 35.6. The molecule has 2 N–H and O–H groups in total. The van der Waals surface area contributed by atoms with Crippen LogP contribution in [0.25, 0.3) is 0 Å². The van der Waals surface area contributed by atoms with Crippen molar-refractivity contribution >= 4 is 15.7 Å². The highest BCUT2D eigenvalue weighted by molar-refractivity contribution is 7.79. The van der Waals surface area contributed by atoms with Gasteiger partial charge in [-0.2, -0.15) is 0 Å². The van der Waals surface area contributed by atoms with Crippen molar-refractivity contribution in [3.63, 3.8) is 0 Å². The van der Waals surface area contributed by atoms with Gasteiger partial charge in [0.25, 0.3) is 7.58 Å². The second-order valence-electron chi connectivity index (χ2n) is 2.41. The van der Waals surface area contributed by atoms with Crippen LogP contribution < -0.4 is 10.3 Å². The Labute approximate surface area is 61.3 Å². The smallest absolute Gasteiger partial charge is 0.554 e. The summed E-state index contributed by atoms with van der Waals surface area (Å²) in [5, 5.41) is 5.52. The van der Waals surface area contributed by atoms with Gasteiger partial charge < -0.3 is 9.32 Å². The molecule has 1 fully saturated rings. The quantitative estimate of drug-likeness (QED) is 0.446. The van der Waals surface area contributed by atoms with E-state index in [0.29, 0.717) is 12.7 Å². The molecule has 0 radical (unpaired) electrons. The molecule has 0 aliphatic carbocycles. The number of hydrogen-bond donors (Lipinski definition) is 1. The maximum Gasteiger partial charge on any atom is 0.554 e. The zero-order valence-corrected chi connectivity index (χ0v) is 7.47. The van der Waals surface area contributed by atoms with Crippen LogP contribution in [-0.2, 0) is 8.99 Å². The van der Waals surface area contributed by atoms with Crippen molar-refractivity contribution < 1.29 is 13.9 Å². The first-order valence-electron chi connectivity index (χ1n) is 3.22. The van der Waals surface area contributed by atoms with Crippen molar-refractivity contribution in [2.45, 2.75) is 18.9 Å². The van der Waals surface area contributed by atoms with E-state index in [0.717, 1.165) is 12.8 Å². The van der Waals surface area contributed by atoms with Gasteiger partial charge in [0.1, 0.15) is 0 Å². The molecule has 0 aromatic carbocycles. The van der Waals surface area contributed by atoms with Gasteiger partial charge in [-0.3, -0.25) is 5.40 Å². The van der Waals surface area contributed by atoms with E-state index in [1.165, 1.54) is 0 Å². The zero-order valence-electron chi connectivity index (χ0n) is 5.58. The van der Waals surface area contributed by atoms with Crippen molar-refractivity contribution in [2.75, 3.05) is 6.61 Å². The Balaban J connectivity index is 2.56. The summed E-state index contributed by atoms with van der Waals surface area (Å²) in [4.78, 5) is 10.5. The Bertz CT molecular complexity index is 147. The van der Waals surface area contributed by atoms with Crippen molar-refractivity contribution in [1.82, 2.24) is 0 Å². The van der Waals surface area contributed by atoms with E-state index in [4.69, 9.17) is 9.83 Å². The Hall–Kier alpha value is 0.197. The fourth-order valence-corrected chi connectivity index (χ4v) is 4.24. The molecule has 1 saturated heterocycles. The summed E-state index contributed by atoms with van der Waals surface area (Å²) < 4.78 is 15.6. The van der Waals surface area contributed by atoms with Gasteiger partial charge in [-0.25, -0.2) is 0 Å². The summed E-state index contributed by atoms with van der Waals surface area (Å²) in [5.74, 6) is 0. The van der Waals surface area contributed by atoms with E-state index in [1.54, 1.807) is 0 Å². The second-order valence-corrected chi connectivity index (χ2v) is 8.77. The Morgan fingerprint density at radius 2 is 2.30 bits per heavy atom. The number of rotatable bonds is 1. The summed E-state index contributed by atoms with van der Waals surface area (Å²) in [7, 11) is -5.27. The van der Waals surface area contributed by atoms with E-state index in [-0.39, 0.29) is 0 Å². The molecular weight excluding hydrogens is 169 g/mol. The minimum atomic E-state index is -2.76. The van der Waals surface area contributed by atoms with Gasteiger partial charge in [0.2, 0.25) is 0 Å². The topological polar surface area (TPSA) is 75.4 Å². The third-order valence-electron chi connectivity index (χ3n) is 1.59. The van der Waals surface area contributed by atoms with Gasteiger partial charge in [-0.05, 0) is 12.8 Å². The molecule has 0 aromatic heterocycles. The fourth-order valence-electron chi connectivity index (χ4n) is 0.945. The van der Waals surface area contributed by atoms with Gasteiger partial charge in [0.15, 0.2) is 0 Å². The molecule has 2 unspecified atom stereocenters. The van der Waals surface area contributed by atoms with Crippen LogP contribution in [0.3, 0.4) is 0 Å². The van der Waals surface area contributed by atoms with Crippen LogP contribution in [0.1, 0.15) is 12.8 Å². The Kier molecular flexibility index (Phi) is 2.54. The highest BCUT2D eigenvalue weighted by Crippen LogP contribution is 2.31. The molecule has 58 valence electrons. The molecule has 0 bridgehead atoms. The van der Waals surface area contributed by atoms with Crippen LogP contribution in [0.5, 0.6) is 0 Å². The van der Waals surface area contributed by atoms with Gasteiger partial charge in [-0.15, -0.1) is 0 Å². The van der Waals surface area contributed by atoms with Gasteiger partial charge >= 0.3 is 8.15 Å². The molecule has 1 heterocycles. The first kappa shape index (κ1) is 8.29. The van der Waals surface area contributed by atoms with Crippen molar-refractivity contribution in [3.05, 3.63) is 0 Å². The molecule has 1 rings (SSSR count). The third kappa shape index (κ3) is 1.62. The fraction of sp³-hybridized carbons (Fsp3) is 1.00. The van der Waals surface area contributed by atoms with Crippen LogP contribution in [0.15, 0.2) is 0 Å². The largest absolute Gasteiger partial charge is 0.606 e. The maximum atomic E-state index is 10.5.